The Balaban J connectivity index is 0.000000168. The average Bonchev–Trinajstić information content (AvgIpc) is 0.725. The molecule has 0 saturated heterocycles. The minimum absolute atomic E-state index is 0.630. The fraction of sp³-hybridized carbons (Fsp3) is 0.0612. The standard InChI is InChI=1S/C58H44P2.C40H34P2/c1-7-23-43(24-8-1)53-39-45-27-19-21-37-51(45)57(55(53)41-59(47-29-11-3-12-30-47)48-31-13-4-14-32-48)58-52-38-22-20-28-46(52)40-54(44-25-9-2-10-26-44)56(58)42-60(49-33-15-5-16-34-49)50-35-17-6-18-36-50;1-5-13-35(14-6-1)41(36-15-7-2-8-16-36)39-29-31-21-25-33(39)27-23-32-22-26-34(28-24-31)40(30-32)42(37-17-9-3-10-18-37)38-19-11-4-12-20-38/h1-40H,41-42H2;1-22,25-26,29-30H,23-24,27-28H2. The lowest BCUT2D eigenvalue weighted by molar-refractivity contribution is 0.933. The molecule has 20 rings (SSSR count). The molecule has 490 valence electrons. The van der Waals surface area contributed by atoms with E-state index in [1.165, 1.54) is 141 Å². The highest BCUT2D eigenvalue weighted by molar-refractivity contribution is 7.80. The highest BCUT2D eigenvalue weighted by atomic mass is 31.1. The summed E-state index contributed by atoms with van der Waals surface area (Å²) in [7, 11) is -2.83. The van der Waals surface area contributed by atoms with Crippen molar-refractivity contribution in [1.82, 2.24) is 0 Å². The Morgan fingerprint density at radius 2 is 0.471 bits per heavy atom. The highest BCUT2D eigenvalue weighted by Crippen LogP contribution is 2.53. The predicted molar refractivity (Wildman–Crippen MR) is 448 cm³/mol. The van der Waals surface area contributed by atoms with E-state index in [0.717, 1.165) is 38.0 Å². The summed E-state index contributed by atoms with van der Waals surface area (Å²) >= 11 is 0. The summed E-state index contributed by atoms with van der Waals surface area (Å²) in [4.78, 5) is 0. The van der Waals surface area contributed by atoms with Crippen molar-refractivity contribution >= 4 is 106 Å². The summed E-state index contributed by atoms with van der Waals surface area (Å²) in [6.45, 7) is 0. The van der Waals surface area contributed by atoms with E-state index in [1.807, 2.05) is 0 Å². The van der Waals surface area contributed by atoms with Gasteiger partial charge in [-0.1, -0.05) is 388 Å². The van der Waals surface area contributed by atoms with E-state index in [0.29, 0.717) is 0 Å². The van der Waals surface area contributed by atoms with Gasteiger partial charge < -0.3 is 0 Å². The Kier molecular flexibility index (Phi) is 20.6. The van der Waals surface area contributed by atoms with Gasteiger partial charge in [0.05, 0.1) is 0 Å². The van der Waals surface area contributed by atoms with E-state index in [9.17, 15) is 0 Å². The first-order chi connectivity index (χ1) is 50.6. The molecule has 0 saturated carbocycles. The van der Waals surface area contributed by atoms with Crippen molar-refractivity contribution in [1.29, 1.82) is 0 Å². The maximum atomic E-state index is 2.55. The largest absolute Gasteiger partial charge is 0.0622 e. The Morgan fingerprint density at radius 3 is 0.765 bits per heavy atom. The van der Waals surface area contributed by atoms with Gasteiger partial charge in [0, 0.05) is 12.3 Å². The SMILES string of the molecule is c1ccc(-c2cc3ccccc3c(-c3c(CP(c4ccccc4)c4ccccc4)c(-c4ccccc4)cc4ccccc34)c2CP(c2ccccc2)c2ccccc2)cc1.c1ccc(P(c2ccccc2)c2cc3ccc2CCc2ccc(c(P(c4ccccc4)c4ccccc4)c2)CC3)cc1. The molecule has 0 unspecified atom stereocenters. The third kappa shape index (κ3) is 14.6. The van der Waals surface area contributed by atoms with Gasteiger partial charge in [0.15, 0.2) is 0 Å². The van der Waals surface area contributed by atoms with Crippen LogP contribution < -0.4 is 53.0 Å². The van der Waals surface area contributed by atoms with Crippen molar-refractivity contribution in [2.45, 2.75) is 38.0 Å². The molecule has 0 aromatic heterocycles. The summed E-state index contributed by atoms with van der Waals surface area (Å²) in [6, 6.07) is 150. The van der Waals surface area contributed by atoms with Crippen LogP contribution in [-0.2, 0) is 38.0 Å². The quantitative estimate of drug-likeness (QED) is 0.0797. The van der Waals surface area contributed by atoms with Crippen LogP contribution in [0.4, 0.5) is 0 Å². The van der Waals surface area contributed by atoms with E-state index < -0.39 is 31.7 Å². The Labute approximate surface area is 607 Å². The van der Waals surface area contributed by atoms with Gasteiger partial charge in [-0.05, 0) is 211 Å². The molecule has 0 nitrogen and oxygen atoms in total. The van der Waals surface area contributed by atoms with E-state index in [1.54, 1.807) is 0 Å². The minimum Gasteiger partial charge on any atom is -0.0622 e. The molecular weight excluding hydrogens is 1300 g/mol. The topological polar surface area (TPSA) is 0 Å². The molecule has 4 aliphatic rings. The molecular formula is C98H78P4. The van der Waals surface area contributed by atoms with Crippen LogP contribution in [-0.4, -0.2) is 0 Å². The lowest BCUT2D eigenvalue weighted by Crippen LogP contribution is -2.26. The van der Waals surface area contributed by atoms with Crippen LogP contribution >= 0.6 is 31.7 Å². The van der Waals surface area contributed by atoms with Gasteiger partial charge >= 0.3 is 0 Å². The zero-order valence-corrected chi connectivity index (χ0v) is 60.7. The highest BCUT2D eigenvalue weighted by Gasteiger charge is 2.30. The van der Waals surface area contributed by atoms with E-state index in [4.69, 9.17) is 0 Å². The number of fused-ring (bicyclic) bond motifs is 2. The fourth-order valence-corrected chi connectivity index (χ4v) is 24.8. The first-order valence-corrected chi connectivity index (χ1v) is 41.4. The van der Waals surface area contributed by atoms with Crippen molar-refractivity contribution in [3.8, 4) is 33.4 Å². The Bertz CT molecular complexity index is 4930. The molecule has 0 heterocycles. The van der Waals surface area contributed by atoms with Gasteiger partial charge in [-0.2, -0.15) is 0 Å². The van der Waals surface area contributed by atoms with Crippen LogP contribution in [0.1, 0.15) is 33.4 Å². The molecule has 0 fully saturated rings. The predicted octanol–water partition coefficient (Wildman–Crippen LogP) is 21.3. The van der Waals surface area contributed by atoms with Crippen molar-refractivity contribution in [2.75, 3.05) is 0 Å². The first-order valence-electron chi connectivity index (χ1n) is 35.6. The van der Waals surface area contributed by atoms with Gasteiger partial charge in [0.1, 0.15) is 0 Å². The van der Waals surface area contributed by atoms with Crippen molar-refractivity contribution < 1.29 is 0 Å². The van der Waals surface area contributed by atoms with Gasteiger partial charge in [0.25, 0.3) is 0 Å². The molecule has 4 heteroatoms. The lowest BCUT2D eigenvalue weighted by atomic mass is 9.82. The zero-order valence-electron chi connectivity index (χ0n) is 57.1. The molecule has 0 amide bonds. The molecule has 16 aromatic rings. The van der Waals surface area contributed by atoms with Crippen LogP contribution in [0.25, 0.3) is 54.9 Å². The summed E-state index contributed by atoms with van der Waals surface area (Å²) < 4.78 is 0. The molecule has 4 bridgehead atoms. The molecule has 16 aromatic carbocycles. The maximum Gasteiger partial charge on any atom is 0.00200 e. The summed E-state index contributed by atoms with van der Waals surface area (Å²) in [5.74, 6) is 0. The Morgan fingerprint density at radius 1 is 0.216 bits per heavy atom. The third-order valence-corrected chi connectivity index (χ3v) is 29.8. The number of aryl methyl sites for hydroxylation is 4. The summed E-state index contributed by atoms with van der Waals surface area (Å²) in [5.41, 5.74) is 16.5. The van der Waals surface area contributed by atoms with Gasteiger partial charge in [-0.3, -0.25) is 0 Å². The van der Waals surface area contributed by atoms with Crippen molar-refractivity contribution in [3.63, 3.8) is 0 Å². The van der Waals surface area contributed by atoms with Crippen LogP contribution in [0.15, 0.2) is 400 Å². The second-order valence-corrected chi connectivity index (χ2v) is 35.0. The minimum atomic E-state index is -0.785. The second kappa shape index (κ2) is 31.8. The average molecular weight is 1380 g/mol. The van der Waals surface area contributed by atoms with Gasteiger partial charge in [-0.15, -0.1) is 0 Å². The zero-order chi connectivity index (χ0) is 68.2. The first kappa shape index (κ1) is 66.3. The number of hydrogen-bond acceptors (Lipinski definition) is 0. The number of hydrogen-bond donors (Lipinski definition) is 0. The van der Waals surface area contributed by atoms with E-state index in [-0.39, 0.29) is 0 Å². The summed E-state index contributed by atoms with van der Waals surface area (Å²) in [6.07, 6.45) is 5.95. The maximum absolute atomic E-state index is 2.55. The molecule has 0 atom stereocenters. The third-order valence-electron chi connectivity index (χ3n) is 19.8. The number of rotatable bonds is 17. The molecule has 102 heavy (non-hydrogen) atoms. The normalized spacial score (nSPS) is 12.0. The van der Waals surface area contributed by atoms with Crippen LogP contribution in [0, 0.1) is 0 Å². The fourth-order valence-electron chi connectivity index (χ4n) is 14.9. The lowest BCUT2D eigenvalue weighted by Gasteiger charge is -2.29. The molecule has 0 aliphatic heterocycles. The summed E-state index contributed by atoms with van der Waals surface area (Å²) in [5, 5.41) is 19.4. The van der Waals surface area contributed by atoms with Crippen LogP contribution in [0.3, 0.4) is 0 Å². The number of benzene rings is 16. The molecule has 0 N–H and O–H groups in total. The van der Waals surface area contributed by atoms with Crippen molar-refractivity contribution in [3.05, 3.63) is 434 Å². The second-order valence-electron chi connectivity index (χ2n) is 26.2. The molecule has 0 radical (unpaired) electrons. The molecule has 0 spiro atoms. The van der Waals surface area contributed by atoms with E-state index >= 15 is 0 Å². The van der Waals surface area contributed by atoms with Gasteiger partial charge in [0.2, 0.25) is 0 Å². The van der Waals surface area contributed by atoms with Crippen molar-refractivity contribution in [2.24, 2.45) is 0 Å². The van der Waals surface area contributed by atoms with Crippen LogP contribution in [0.5, 0.6) is 0 Å². The van der Waals surface area contributed by atoms with Gasteiger partial charge in [-0.25, -0.2) is 0 Å². The molecule has 4 aliphatic carbocycles. The van der Waals surface area contributed by atoms with Crippen LogP contribution in [0.2, 0.25) is 0 Å². The smallest absolute Gasteiger partial charge is 0.00200 e. The monoisotopic (exact) mass is 1380 g/mol. The van der Waals surface area contributed by atoms with E-state index in [2.05, 4.69) is 400 Å². The Hall–Kier alpha value is -10.2.